The lowest BCUT2D eigenvalue weighted by molar-refractivity contribution is -0.120. The molecule has 6 heteroatoms. The Balaban J connectivity index is 1.64. The lowest BCUT2D eigenvalue weighted by Crippen LogP contribution is -2.30. The van der Waals surface area contributed by atoms with Crippen LogP contribution >= 0.6 is 23.4 Å². The standard InChI is InChI=1S/C20H20ClN3OS/c1-14(26-18-9-7-17(21)8-10-18)20(25)23-13-16-5-3-4-6-19(16)24-12-11-22-15(24)2/h3-12,14H,13H2,1-2H3,(H,23,25)/t14-/m0/s1. The molecule has 26 heavy (non-hydrogen) atoms. The normalized spacial score (nSPS) is 12.0. The number of aryl methyl sites for hydroxylation is 1. The highest BCUT2D eigenvalue weighted by Gasteiger charge is 2.15. The van der Waals surface area contributed by atoms with Crippen molar-refractivity contribution in [1.29, 1.82) is 0 Å². The summed E-state index contributed by atoms with van der Waals surface area (Å²) < 4.78 is 2.02. The molecule has 134 valence electrons. The van der Waals surface area contributed by atoms with Gasteiger partial charge in [-0.05, 0) is 49.7 Å². The molecule has 1 heterocycles. The smallest absolute Gasteiger partial charge is 0.233 e. The number of hydrogen-bond donors (Lipinski definition) is 1. The largest absolute Gasteiger partial charge is 0.351 e. The first-order valence-corrected chi connectivity index (χ1v) is 9.58. The fourth-order valence-corrected chi connectivity index (χ4v) is 3.64. The van der Waals surface area contributed by atoms with Crippen molar-refractivity contribution in [3.05, 3.63) is 77.3 Å². The van der Waals surface area contributed by atoms with E-state index in [1.54, 1.807) is 6.20 Å². The molecule has 0 aliphatic carbocycles. The lowest BCUT2D eigenvalue weighted by Gasteiger charge is -2.15. The van der Waals surface area contributed by atoms with Crippen molar-refractivity contribution in [2.24, 2.45) is 0 Å². The number of para-hydroxylation sites is 1. The number of amides is 1. The van der Waals surface area contributed by atoms with Crippen LogP contribution in [0.3, 0.4) is 0 Å². The van der Waals surface area contributed by atoms with Crippen LogP contribution in [0.4, 0.5) is 0 Å². The van der Waals surface area contributed by atoms with Gasteiger partial charge in [-0.1, -0.05) is 29.8 Å². The summed E-state index contributed by atoms with van der Waals surface area (Å²) in [4.78, 5) is 17.8. The van der Waals surface area contributed by atoms with Gasteiger partial charge in [-0.2, -0.15) is 0 Å². The van der Waals surface area contributed by atoms with Crippen molar-refractivity contribution in [2.75, 3.05) is 0 Å². The molecule has 0 saturated carbocycles. The van der Waals surface area contributed by atoms with E-state index in [4.69, 9.17) is 11.6 Å². The zero-order valence-corrected chi connectivity index (χ0v) is 16.2. The van der Waals surface area contributed by atoms with E-state index in [0.717, 1.165) is 22.0 Å². The maximum atomic E-state index is 12.5. The van der Waals surface area contributed by atoms with E-state index in [1.165, 1.54) is 11.8 Å². The second-order valence-electron chi connectivity index (χ2n) is 5.90. The van der Waals surface area contributed by atoms with Crippen molar-refractivity contribution in [1.82, 2.24) is 14.9 Å². The maximum absolute atomic E-state index is 12.5. The summed E-state index contributed by atoms with van der Waals surface area (Å²) in [5.41, 5.74) is 2.08. The molecule has 3 aromatic rings. The average Bonchev–Trinajstić information content (AvgIpc) is 3.07. The predicted octanol–water partition coefficient (Wildman–Crippen LogP) is 4.63. The summed E-state index contributed by atoms with van der Waals surface area (Å²) in [6.07, 6.45) is 3.70. The molecular formula is C20H20ClN3OS. The first kappa shape index (κ1) is 18.5. The van der Waals surface area contributed by atoms with Gasteiger partial charge in [-0.3, -0.25) is 4.79 Å². The monoisotopic (exact) mass is 385 g/mol. The molecule has 0 bridgehead atoms. The third kappa shape index (κ3) is 4.48. The fraction of sp³-hybridized carbons (Fsp3) is 0.200. The quantitative estimate of drug-likeness (QED) is 0.629. The van der Waals surface area contributed by atoms with Gasteiger partial charge in [-0.15, -0.1) is 11.8 Å². The Kier molecular flexibility index (Phi) is 6.01. The predicted molar refractivity (Wildman–Crippen MR) is 107 cm³/mol. The first-order valence-electron chi connectivity index (χ1n) is 8.33. The molecule has 0 radical (unpaired) electrons. The Bertz CT molecular complexity index is 892. The first-order chi connectivity index (χ1) is 12.5. The molecule has 0 saturated heterocycles. The number of thioether (sulfide) groups is 1. The van der Waals surface area contributed by atoms with Gasteiger partial charge < -0.3 is 9.88 Å². The number of aromatic nitrogens is 2. The number of nitrogens with zero attached hydrogens (tertiary/aromatic N) is 2. The van der Waals surface area contributed by atoms with E-state index in [9.17, 15) is 4.79 Å². The molecule has 0 fully saturated rings. The number of benzene rings is 2. The highest BCUT2D eigenvalue weighted by Crippen LogP contribution is 2.25. The highest BCUT2D eigenvalue weighted by atomic mass is 35.5. The van der Waals surface area contributed by atoms with Crippen molar-refractivity contribution in [2.45, 2.75) is 30.5 Å². The molecule has 0 aliphatic heterocycles. The Morgan fingerprint density at radius 3 is 2.65 bits per heavy atom. The number of carbonyl (C=O) groups excluding carboxylic acids is 1. The SMILES string of the molecule is Cc1nccn1-c1ccccc1CNC(=O)[C@H](C)Sc1ccc(Cl)cc1. The number of carbonyl (C=O) groups is 1. The van der Waals surface area contributed by atoms with Gasteiger partial charge in [0.15, 0.2) is 0 Å². The van der Waals surface area contributed by atoms with Crippen LogP contribution < -0.4 is 5.32 Å². The summed E-state index contributed by atoms with van der Waals surface area (Å²) in [6.45, 7) is 4.33. The van der Waals surface area contributed by atoms with Crippen LogP contribution in [0, 0.1) is 6.92 Å². The Morgan fingerprint density at radius 2 is 1.96 bits per heavy atom. The van der Waals surface area contributed by atoms with E-state index in [-0.39, 0.29) is 11.2 Å². The fourth-order valence-electron chi connectivity index (χ4n) is 2.62. The number of imidazole rings is 1. The van der Waals surface area contributed by atoms with Crippen LogP contribution in [-0.2, 0) is 11.3 Å². The summed E-state index contributed by atoms with van der Waals surface area (Å²) in [7, 11) is 0. The van der Waals surface area contributed by atoms with Gasteiger partial charge in [0.05, 0.1) is 10.9 Å². The molecule has 2 aromatic carbocycles. The molecule has 4 nitrogen and oxygen atoms in total. The van der Waals surface area contributed by atoms with Crippen molar-refractivity contribution in [3.8, 4) is 5.69 Å². The second kappa shape index (κ2) is 8.43. The number of hydrogen-bond acceptors (Lipinski definition) is 3. The molecule has 1 atom stereocenters. The minimum atomic E-state index is -0.196. The highest BCUT2D eigenvalue weighted by molar-refractivity contribution is 8.00. The molecule has 0 unspecified atom stereocenters. The molecule has 0 spiro atoms. The van der Waals surface area contributed by atoms with E-state index in [2.05, 4.69) is 10.3 Å². The van der Waals surface area contributed by atoms with Crippen molar-refractivity contribution in [3.63, 3.8) is 0 Å². The van der Waals surface area contributed by atoms with Gasteiger partial charge in [0.1, 0.15) is 5.82 Å². The van der Waals surface area contributed by atoms with Crippen LogP contribution in [0.15, 0.2) is 65.8 Å². The third-order valence-electron chi connectivity index (χ3n) is 4.03. The van der Waals surface area contributed by atoms with Crippen molar-refractivity contribution < 1.29 is 4.79 Å². The van der Waals surface area contributed by atoms with Gasteiger partial charge in [0.2, 0.25) is 5.91 Å². The van der Waals surface area contributed by atoms with Gasteiger partial charge in [-0.25, -0.2) is 4.98 Å². The van der Waals surface area contributed by atoms with E-state index >= 15 is 0 Å². The number of nitrogens with one attached hydrogen (secondary N) is 1. The maximum Gasteiger partial charge on any atom is 0.233 e. The Labute approximate surface area is 162 Å². The Morgan fingerprint density at radius 1 is 1.23 bits per heavy atom. The van der Waals surface area contributed by atoms with Gasteiger partial charge >= 0.3 is 0 Å². The van der Waals surface area contributed by atoms with Gasteiger partial charge in [0, 0.05) is 28.9 Å². The Hall–Kier alpha value is -2.24. The summed E-state index contributed by atoms with van der Waals surface area (Å²) in [5, 5.41) is 3.53. The molecule has 1 N–H and O–H groups in total. The second-order valence-corrected chi connectivity index (χ2v) is 7.76. The van der Waals surface area contributed by atoms with E-state index in [0.29, 0.717) is 11.6 Å². The zero-order chi connectivity index (χ0) is 18.5. The van der Waals surface area contributed by atoms with Crippen molar-refractivity contribution >= 4 is 29.3 Å². The lowest BCUT2D eigenvalue weighted by atomic mass is 10.1. The molecule has 3 rings (SSSR count). The van der Waals surface area contributed by atoms with E-state index in [1.807, 2.05) is 73.1 Å². The van der Waals surface area contributed by atoms with Crippen LogP contribution in [0.2, 0.25) is 5.02 Å². The topological polar surface area (TPSA) is 46.9 Å². The number of halogens is 1. The van der Waals surface area contributed by atoms with E-state index < -0.39 is 0 Å². The minimum Gasteiger partial charge on any atom is -0.351 e. The third-order valence-corrected chi connectivity index (χ3v) is 5.39. The van der Waals surface area contributed by atoms with Crippen LogP contribution in [-0.4, -0.2) is 20.7 Å². The van der Waals surface area contributed by atoms with Gasteiger partial charge in [0.25, 0.3) is 0 Å². The summed E-state index contributed by atoms with van der Waals surface area (Å²) >= 11 is 7.42. The minimum absolute atomic E-state index is 0.00195. The zero-order valence-electron chi connectivity index (χ0n) is 14.6. The van der Waals surface area contributed by atoms with Crippen LogP contribution in [0.1, 0.15) is 18.3 Å². The molecular weight excluding hydrogens is 366 g/mol. The summed E-state index contributed by atoms with van der Waals surface area (Å²) in [5.74, 6) is 0.914. The number of rotatable bonds is 6. The summed E-state index contributed by atoms with van der Waals surface area (Å²) in [6, 6.07) is 15.5. The van der Waals surface area contributed by atoms with Crippen LogP contribution in [0.5, 0.6) is 0 Å². The van der Waals surface area contributed by atoms with Crippen LogP contribution in [0.25, 0.3) is 5.69 Å². The molecule has 1 amide bonds. The molecule has 0 aliphatic rings. The average molecular weight is 386 g/mol. The molecule has 1 aromatic heterocycles.